The van der Waals surface area contributed by atoms with E-state index in [1.165, 1.54) is 37.1 Å². The van der Waals surface area contributed by atoms with Crippen LogP contribution in [0.2, 0.25) is 5.02 Å². The van der Waals surface area contributed by atoms with Gasteiger partial charge < -0.3 is 10.2 Å². The van der Waals surface area contributed by atoms with Gasteiger partial charge in [-0.25, -0.2) is 0 Å². The van der Waals surface area contributed by atoms with Crippen molar-refractivity contribution in [1.29, 1.82) is 0 Å². The predicted molar refractivity (Wildman–Crippen MR) is 81.9 cm³/mol. The molecule has 2 aliphatic carbocycles. The van der Waals surface area contributed by atoms with E-state index >= 15 is 0 Å². The molecule has 0 heterocycles. The van der Waals surface area contributed by atoms with Crippen LogP contribution in [0.4, 0.5) is 5.69 Å². The summed E-state index contributed by atoms with van der Waals surface area (Å²) >= 11 is 6.15. The van der Waals surface area contributed by atoms with Crippen LogP contribution in [0.1, 0.15) is 31.7 Å². The van der Waals surface area contributed by atoms with E-state index in [2.05, 4.69) is 36.3 Å². The number of nitrogens with one attached hydrogen (secondary N) is 1. The summed E-state index contributed by atoms with van der Waals surface area (Å²) in [5, 5.41) is 4.43. The molecule has 0 amide bonds. The average Bonchev–Trinajstić information content (AvgIpc) is 3.27. The van der Waals surface area contributed by atoms with Gasteiger partial charge in [-0.1, -0.05) is 18.5 Å². The standard InChI is InChI=1S/C16H23ClN2/c1-11-7-13(11)10-19(2)16-6-3-14(17)8-12(16)9-18-15-4-5-15/h3,6,8,11,13,15,18H,4-5,7,9-10H2,1-2H3. The molecule has 2 nitrogen and oxygen atoms in total. The Kier molecular flexibility index (Phi) is 3.72. The molecule has 2 atom stereocenters. The predicted octanol–water partition coefficient (Wildman–Crippen LogP) is 3.68. The van der Waals surface area contributed by atoms with Gasteiger partial charge in [0.15, 0.2) is 0 Å². The molecule has 0 aliphatic heterocycles. The van der Waals surface area contributed by atoms with Crippen LogP contribution < -0.4 is 10.2 Å². The third-order valence-corrected chi connectivity index (χ3v) is 4.63. The lowest BCUT2D eigenvalue weighted by atomic mass is 10.1. The molecule has 0 spiro atoms. The Labute approximate surface area is 121 Å². The molecule has 1 N–H and O–H groups in total. The first kappa shape index (κ1) is 13.3. The highest BCUT2D eigenvalue weighted by Crippen LogP contribution is 2.39. The third kappa shape index (κ3) is 3.43. The van der Waals surface area contributed by atoms with Crippen molar-refractivity contribution in [2.75, 3.05) is 18.5 Å². The van der Waals surface area contributed by atoms with Crippen molar-refractivity contribution >= 4 is 17.3 Å². The molecule has 104 valence electrons. The van der Waals surface area contributed by atoms with Crippen LogP contribution in [0.25, 0.3) is 0 Å². The highest BCUT2D eigenvalue weighted by Gasteiger charge is 2.33. The largest absolute Gasteiger partial charge is 0.374 e. The molecule has 19 heavy (non-hydrogen) atoms. The van der Waals surface area contributed by atoms with Crippen molar-refractivity contribution in [2.24, 2.45) is 11.8 Å². The molecule has 1 aromatic rings. The molecule has 3 heteroatoms. The summed E-state index contributed by atoms with van der Waals surface area (Å²) in [5.74, 6) is 1.78. The molecule has 0 radical (unpaired) electrons. The van der Waals surface area contributed by atoms with Crippen LogP contribution in [0.3, 0.4) is 0 Å². The number of nitrogens with zero attached hydrogens (tertiary/aromatic N) is 1. The van der Waals surface area contributed by atoms with E-state index in [0.29, 0.717) is 0 Å². The average molecular weight is 279 g/mol. The lowest BCUT2D eigenvalue weighted by molar-refractivity contribution is 0.679. The second-order valence-electron chi connectivity index (χ2n) is 6.28. The van der Waals surface area contributed by atoms with E-state index in [4.69, 9.17) is 11.6 Å². The summed E-state index contributed by atoms with van der Waals surface area (Å²) < 4.78 is 0. The summed E-state index contributed by atoms with van der Waals surface area (Å²) in [6, 6.07) is 7.02. The summed E-state index contributed by atoms with van der Waals surface area (Å²) in [7, 11) is 2.20. The summed E-state index contributed by atoms with van der Waals surface area (Å²) in [6.45, 7) is 4.44. The van der Waals surface area contributed by atoms with Crippen molar-refractivity contribution in [3.05, 3.63) is 28.8 Å². The van der Waals surface area contributed by atoms with Crippen LogP contribution in [0, 0.1) is 11.8 Å². The second kappa shape index (κ2) is 5.34. The Hall–Kier alpha value is -0.730. The van der Waals surface area contributed by atoms with Crippen LogP contribution in [0.15, 0.2) is 18.2 Å². The number of anilines is 1. The molecule has 2 aliphatic rings. The van der Waals surface area contributed by atoms with Crippen molar-refractivity contribution in [3.63, 3.8) is 0 Å². The zero-order valence-corrected chi connectivity index (χ0v) is 12.6. The summed E-state index contributed by atoms with van der Waals surface area (Å²) in [5.41, 5.74) is 2.66. The number of benzene rings is 1. The van der Waals surface area contributed by atoms with E-state index in [1.54, 1.807) is 0 Å². The van der Waals surface area contributed by atoms with Gasteiger partial charge in [0, 0.05) is 36.9 Å². The number of hydrogen-bond acceptors (Lipinski definition) is 2. The molecule has 2 saturated carbocycles. The van der Waals surface area contributed by atoms with Gasteiger partial charge in [-0.3, -0.25) is 0 Å². The van der Waals surface area contributed by atoms with Gasteiger partial charge in [-0.05, 0) is 54.9 Å². The second-order valence-corrected chi connectivity index (χ2v) is 6.72. The maximum Gasteiger partial charge on any atom is 0.0410 e. The zero-order chi connectivity index (χ0) is 13.4. The maximum atomic E-state index is 6.15. The molecule has 0 aromatic heterocycles. The van der Waals surface area contributed by atoms with E-state index < -0.39 is 0 Å². The smallest absolute Gasteiger partial charge is 0.0410 e. The van der Waals surface area contributed by atoms with Gasteiger partial charge in [0.2, 0.25) is 0 Å². The highest BCUT2D eigenvalue weighted by molar-refractivity contribution is 6.30. The first-order chi connectivity index (χ1) is 9.13. The fourth-order valence-electron chi connectivity index (χ4n) is 2.71. The lowest BCUT2D eigenvalue weighted by Crippen LogP contribution is -2.24. The van der Waals surface area contributed by atoms with Crippen LogP contribution in [-0.4, -0.2) is 19.6 Å². The molecule has 0 saturated heterocycles. The normalized spacial score (nSPS) is 25.4. The van der Waals surface area contributed by atoms with Crippen molar-refractivity contribution in [3.8, 4) is 0 Å². The van der Waals surface area contributed by atoms with Crippen molar-refractivity contribution < 1.29 is 0 Å². The minimum Gasteiger partial charge on any atom is -0.374 e. The quantitative estimate of drug-likeness (QED) is 0.854. The fraction of sp³-hybridized carbons (Fsp3) is 0.625. The van der Waals surface area contributed by atoms with Crippen LogP contribution in [0.5, 0.6) is 0 Å². The Morgan fingerprint density at radius 1 is 1.37 bits per heavy atom. The van der Waals surface area contributed by atoms with Gasteiger partial charge in [-0.2, -0.15) is 0 Å². The van der Waals surface area contributed by atoms with Gasteiger partial charge in [0.05, 0.1) is 0 Å². The lowest BCUT2D eigenvalue weighted by Gasteiger charge is -2.23. The SMILES string of the molecule is CC1CC1CN(C)c1ccc(Cl)cc1CNC1CC1. The Morgan fingerprint density at radius 2 is 2.11 bits per heavy atom. The van der Waals surface area contributed by atoms with Crippen LogP contribution >= 0.6 is 11.6 Å². The van der Waals surface area contributed by atoms with E-state index in [-0.39, 0.29) is 0 Å². The fourth-order valence-corrected chi connectivity index (χ4v) is 2.91. The monoisotopic (exact) mass is 278 g/mol. The van der Waals surface area contributed by atoms with Gasteiger partial charge in [0.25, 0.3) is 0 Å². The minimum absolute atomic E-state index is 0.737. The Balaban J connectivity index is 1.69. The minimum atomic E-state index is 0.737. The summed E-state index contributed by atoms with van der Waals surface area (Å²) in [6.07, 6.45) is 4.03. The maximum absolute atomic E-state index is 6.15. The summed E-state index contributed by atoms with van der Waals surface area (Å²) in [4.78, 5) is 2.40. The first-order valence-corrected chi connectivity index (χ1v) is 7.74. The van der Waals surface area contributed by atoms with Crippen molar-refractivity contribution in [1.82, 2.24) is 5.32 Å². The molecule has 1 aromatic carbocycles. The van der Waals surface area contributed by atoms with E-state index in [1.807, 2.05) is 6.07 Å². The van der Waals surface area contributed by atoms with E-state index in [9.17, 15) is 0 Å². The molecule has 0 bridgehead atoms. The van der Waals surface area contributed by atoms with Crippen molar-refractivity contribution in [2.45, 2.75) is 38.8 Å². The third-order valence-electron chi connectivity index (χ3n) is 4.40. The van der Waals surface area contributed by atoms with Crippen LogP contribution in [-0.2, 0) is 6.54 Å². The Morgan fingerprint density at radius 3 is 2.74 bits per heavy atom. The molecule has 3 rings (SSSR count). The first-order valence-electron chi connectivity index (χ1n) is 7.36. The molecule has 2 unspecified atom stereocenters. The van der Waals surface area contributed by atoms with Gasteiger partial charge in [-0.15, -0.1) is 0 Å². The van der Waals surface area contributed by atoms with E-state index in [0.717, 1.165) is 29.4 Å². The topological polar surface area (TPSA) is 15.3 Å². The number of hydrogen-bond donors (Lipinski definition) is 1. The molecular weight excluding hydrogens is 256 g/mol. The van der Waals surface area contributed by atoms with Gasteiger partial charge in [0.1, 0.15) is 0 Å². The number of rotatable bonds is 6. The zero-order valence-electron chi connectivity index (χ0n) is 11.8. The Bertz CT molecular complexity index is 456. The molecule has 2 fully saturated rings. The number of halogens is 1. The molecular formula is C16H23ClN2. The highest BCUT2D eigenvalue weighted by atomic mass is 35.5. The van der Waals surface area contributed by atoms with Gasteiger partial charge >= 0.3 is 0 Å².